The van der Waals surface area contributed by atoms with Crippen molar-refractivity contribution in [2.75, 3.05) is 18.0 Å². The maximum Gasteiger partial charge on any atom is 0.239 e. The number of hydrogen-bond donors (Lipinski definition) is 0. The Balaban J connectivity index is 1.52. The van der Waals surface area contributed by atoms with Crippen LogP contribution in [0.25, 0.3) is 0 Å². The molecule has 5 heteroatoms. The fourth-order valence-corrected chi connectivity index (χ4v) is 4.45. The first-order chi connectivity index (χ1) is 12.6. The zero-order valence-corrected chi connectivity index (χ0v) is 16.1. The van der Waals surface area contributed by atoms with Crippen LogP contribution in [-0.2, 0) is 9.59 Å². The molecule has 2 fully saturated rings. The fraction of sp³-hybridized carbons (Fsp3) is 0.333. The van der Waals surface area contributed by atoms with Crippen molar-refractivity contribution in [3.63, 3.8) is 0 Å². The third-order valence-electron chi connectivity index (χ3n) is 5.34. The minimum absolute atomic E-state index is 0.0150. The number of nitrogens with zero attached hydrogens (tertiary/aromatic N) is 2. The Hall–Kier alpha value is -2.14. The van der Waals surface area contributed by atoms with Gasteiger partial charge in [-0.1, -0.05) is 52.3 Å². The van der Waals surface area contributed by atoms with E-state index in [1.165, 1.54) is 0 Å². The summed E-state index contributed by atoms with van der Waals surface area (Å²) >= 11 is 3.45. The number of likely N-dealkylation sites (tertiary alicyclic amines) is 1. The molecule has 4 rings (SSSR count). The smallest absolute Gasteiger partial charge is 0.239 e. The highest BCUT2D eigenvalue weighted by Gasteiger charge is 2.42. The van der Waals surface area contributed by atoms with Crippen LogP contribution >= 0.6 is 15.9 Å². The van der Waals surface area contributed by atoms with Crippen LogP contribution in [0.1, 0.15) is 30.9 Å². The van der Waals surface area contributed by atoms with Crippen LogP contribution in [0.15, 0.2) is 59.1 Å². The summed E-state index contributed by atoms with van der Waals surface area (Å²) in [6.45, 7) is 1.33. The molecule has 26 heavy (non-hydrogen) atoms. The molecule has 0 aliphatic carbocycles. The number of carbonyl (C=O) groups excluding carboxylic acids is 2. The van der Waals surface area contributed by atoms with Crippen molar-refractivity contribution in [3.05, 3.63) is 64.6 Å². The van der Waals surface area contributed by atoms with E-state index in [0.29, 0.717) is 13.0 Å². The highest BCUT2D eigenvalue weighted by atomic mass is 79.9. The van der Waals surface area contributed by atoms with Gasteiger partial charge in [0.1, 0.15) is 5.92 Å². The third-order valence-corrected chi connectivity index (χ3v) is 5.84. The Morgan fingerprint density at radius 2 is 1.81 bits per heavy atom. The highest BCUT2D eigenvalue weighted by molar-refractivity contribution is 9.10. The van der Waals surface area contributed by atoms with Crippen LogP contribution in [-0.4, -0.2) is 29.8 Å². The summed E-state index contributed by atoms with van der Waals surface area (Å²) in [7, 11) is 0. The van der Waals surface area contributed by atoms with Crippen molar-refractivity contribution in [1.82, 2.24) is 4.90 Å². The van der Waals surface area contributed by atoms with Crippen molar-refractivity contribution in [2.45, 2.75) is 25.3 Å². The Morgan fingerprint density at radius 1 is 1.00 bits per heavy atom. The van der Waals surface area contributed by atoms with E-state index in [1.807, 2.05) is 47.4 Å². The Labute approximate surface area is 161 Å². The number of benzene rings is 2. The summed E-state index contributed by atoms with van der Waals surface area (Å²) in [5, 5.41) is 0. The van der Waals surface area contributed by atoms with Gasteiger partial charge >= 0.3 is 0 Å². The van der Waals surface area contributed by atoms with E-state index in [9.17, 15) is 9.59 Å². The largest absolute Gasteiger partial charge is 0.335 e. The first kappa shape index (κ1) is 17.3. The molecule has 0 radical (unpaired) electrons. The predicted molar refractivity (Wildman–Crippen MR) is 105 cm³/mol. The number of halogens is 1. The molecule has 0 bridgehead atoms. The second-order valence-corrected chi connectivity index (χ2v) is 7.83. The molecule has 4 nitrogen and oxygen atoms in total. The maximum atomic E-state index is 13.2. The molecular formula is C21H21BrN2O2. The first-order valence-electron chi connectivity index (χ1n) is 9.07. The molecule has 0 saturated carbocycles. The molecule has 2 heterocycles. The van der Waals surface area contributed by atoms with Gasteiger partial charge < -0.3 is 9.80 Å². The SMILES string of the molecule is O=C1[C@H](C(=O)N2CCC[C@H]2c2ccccc2)CCN1c1cccc(Br)c1. The molecule has 2 aliphatic heterocycles. The van der Waals surface area contributed by atoms with Gasteiger partial charge in [0.25, 0.3) is 0 Å². The van der Waals surface area contributed by atoms with Gasteiger partial charge in [0.05, 0.1) is 6.04 Å². The van der Waals surface area contributed by atoms with Gasteiger partial charge in [-0.15, -0.1) is 0 Å². The summed E-state index contributed by atoms with van der Waals surface area (Å²) in [5.41, 5.74) is 2.01. The molecule has 2 saturated heterocycles. The van der Waals surface area contributed by atoms with Gasteiger partial charge in [-0.25, -0.2) is 0 Å². The number of hydrogen-bond acceptors (Lipinski definition) is 2. The van der Waals surface area contributed by atoms with Crippen LogP contribution in [0, 0.1) is 5.92 Å². The van der Waals surface area contributed by atoms with Crippen LogP contribution in [0.3, 0.4) is 0 Å². The summed E-state index contributed by atoms with van der Waals surface area (Å²) in [6.07, 6.45) is 2.54. The van der Waals surface area contributed by atoms with Crippen LogP contribution < -0.4 is 4.90 Å². The van der Waals surface area contributed by atoms with E-state index >= 15 is 0 Å². The van der Waals surface area contributed by atoms with Crippen LogP contribution in [0.2, 0.25) is 0 Å². The van der Waals surface area contributed by atoms with Gasteiger partial charge in [0.15, 0.2) is 0 Å². The number of carbonyl (C=O) groups is 2. The van der Waals surface area contributed by atoms with Gasteiger partial charge in [-0.2, -0.15) is 0 Å². The number of anilines is 1. The second-order valence-electron chi connectivity index (χ2n) is 6.91. The molecule has 0 aromatic heterocycles. The first-order valence-corrected chi connectivity index (χ1v) is 9.87. The Morgan fingerprint density at radius 3 is 2.58 bits per heavy atom. The van der Waals surface area contributed by atoms with Crippen molar-refractivity contribution in [1.29, 1.82) is 0 Å². The number of amides is 2. The minimum atomic E-state index is -0.557. The lowest BCUT2D eigenvalue weighted by Gasteiger charge is -2.27. The fourth-order valence-electron chi connectivity index (χ4n) is 4.06. The predicted octanol–water partition coefficient (Wildman–Crippen LogP) is 4.17. The third kappa shape index (κ3) is 3.16. The lowest BCUT2D eigenvalue weighted by atomic mass is 10.0. The van der Waals surface area contributed by atoms with E-state index < -0.39 is 5.92 Å². The average molecular weight is 413 g/mol. The van der Waals surface area contributed by atoms with E-state index in [4.69, 9.17) is 0 Å². The average Bonchev–Trinajstić information content (AvgIpc) is 3.29. The normalized spacial score (nSPS) is 22.9. The molecule has 0 spiro atoms. The zero-order chi connectivity index (χ0) is 18.1. The van der Waals surface area contributed by atoms with E-state index in [0.717, 1.165) is 35.1 Å². The van der Waals surface area contributed by atoms with Crippen LogP contribution in [0.5, 0.6) is 0 Å². The second kappa shape index (κ2) is 7.23. The molecule has 0 N–H and O–H groups in total. The zero-order valence-electron chi connectivity index (χ0n) is 14.5. The lowest BCUT2D eigenvalue weighted by molar-refractivity contribution is -0.140. The van der Waals surface area contributed by atoms with Crippen LogP contribution in [0.4, 0.5) is 5.69 Å². The van der Waals surface area contributed by atoms with Crippen molar-refractivity contribution < 1.29 is 9.59 Å². The molecule has 2 atom stereocenters. The van der Waals surface area contributed by atoms with Gasteiger partial charge in [0.2, 0.25) is 11.8 Å². The summed E-state index contributed by atoms with van der Waals surface area (Å²) in [5.74, 6) is -0.649. The molecule has 2 aromatic rings. The van der Waals surface area contributed by atoms with Gasteiger partial charge in [-0.05, 0) is 43.0 Å². The maximum absolute atomic E-state index is 13.2. The van der Waals surface area contributed by atoms with Gasteiger partial charge in [-0.3, -0.25) is 9.59 Å². The topological polar surface area (TPSA) is 40.6 Å². The van der Waals surface area contributed by atoms with Gasteiger partial charge in [0, 0.05) is 23.2 Å². The number of rotatable bonds is 3. The van der Waals surface area contributed by atoms with Crippen molar-refractivity contribution in [2.24, 2.45) is 5.92 Å². The quantitative estimate of drug-likeness (QED) is 0.709. The van der Waals surface area contributed by atoms with Crippen molar-refractivity contribution in [3.8, 4) is 0 Å². The summed E-state index contributed by atoms with van der Waals surface area (Å²) in [4.78, 5) is 29.7. The molecule has 2 amide bonds. The van der Waals surface area contributed by atoms with E-state index in [-0.39, 0.29) is 17.9 Å². The highest BCUT2D eigenvalue weighted by Crippen LogP contribution is 2.35. The molecule has 134 valence electrons. The molecule has 0 unspecified atom stereocenters. The monoisotopic (exact) mass is 412 g/mol. The molecule has 2 aliphatic rings. The molecule has 2 aromatic carbocycles. The van der Waals surface area contributed by atoms with E-state index in [1.54, 1.807) is 4.90 Å². The van der Waals surface area contributed by atoms with Crippen molar-refractivity contribution >= 4 is 33.4 Å². The lowest BCUT2D eigenvalue weighted by Crippen LogP contribution is -2.39. The molecular weight excluding hydrogens is 392 g/mol. The minimum Gasteiger partial charge on any atom is -0.335 e. The summed E-state index contributed by atoms with van der Waals surface area (Å²) in [6, 6.07) is 17.9. The summed E-state index contributed by atoms with van der Waals surface area (Å²) < 4.78 is 0.932. The Bertz CT molecular complexity index is 824. The van der Waals surface area contributed by atoms with E-state index in [2.05, 4.69) is 28.1 Å². The Kier molecular flexibility index (Phi) is 4.81. The standard InChI is InChI=1S/C21H21BrN2O2/c22-16-8-4-9-17(14-16)23-13-11-18(20(23)25)21(26)24-12-5-10-19(24)15-6-2-1-3-7-15/h1-4,6-9,14,18-19H,5,10-13H2/t18-,19+/m1/s1.